The average Bonchev–Trinajstić information content (AvgIpc) is 3.89. The SMILES string of the molecule is C[C@@H]1c2c(ccnc2N)OCCN1c1nc(-c2noc3c2CCC[C@@]32CCCc3sc(N)c(C#N)c32)nc2c1cnn2[C@@H](C)[C@@H]1CCCN1C. The van der Waals surface area contributed by atoms with E-state index in [2.05, 4.69) is 46.4 Å². The Bertz CT molecular complexity index is 2180. The molecule has 0 radical (unpaired) electrons. The predicted molar refractivity (Wildman–Crippen MR) is 191 cm³/mol. The van der Waals surface area contributed by atoms with Gasteiger partial charge in [0.15, 0.2) is 22.9 Å². The van der Waals surface area contributed by atoms with Crippen molar-refractivity contribution in [1.82, 2.24) is 34.8 Å². The summed E-state index contributed by atoms with van der Waals surface area (Å²) in [5.41, 5.74) is 17.3. The van der Waals surface area contributed by atoms with E-state index in [4.69, 9.17) is 41.0 Å². The van der Waals surface area contributed by atoms with Crippen molar-refractivity contribution in [3.63, 3.8) is 0 Å². The number of ether oxygens (including phenoxy) is 1. The summed E-state index contributed by atoms with van der Waals surface area (Å²) in [6, 6.07) is 4.55. The number of nitriles is 1. The third-order valence-electron chi connectivity index (χ3n) is 11.8. The van der Waals surface area contributed by atoms with Crippen LogP contribution in [-0.4, -0.2) is 67.6 Å². The van der Waals surface area contributed by atoms with Crippen molar-refractivity contribution in [2.75, 3.05) is 43.1 Å². The molecule has 5 aromatic rings. The summed E-state index contributed by atoms with van der Waals surface area (Å²) in [5.74, 6) is 3.25. The van der Waals surface area contributed by atoms with Gasteiger partial charge in [-0.25, -0.2) is 19.6 Å². The van der Waals surface area contributed by atoms with Crippen molar-refractivity contribution >= 4 is 39.0 Å². The Hall–Kier alpha value is -4.74. The lowest BCUT2D eigenvalue weighted by molar-refractivity contribution is 0.232. The molecule has 1 spiro atoms. The van der Waals surface area contributed by atoms with Crippen molar-refractivity contribution in [3.8, 4) is 23.3 Å². The fourth-order valence-corrected chi connectivity index (χ4v) is 10.5. The summed E-state index contributed by atoms with van der Waals surface area (Å²) in [6.07, 6.45) is 11.3. The first-order valence-electron chi connectivity index (χ1n) is 17.7. The number of aromatic nitrogens is 6. The minimum Gasteiger partial charge on any atom is -0.491 e. The molecule has 13 nitrogen and oxygen atoms in total. The van der Waals surface area contributed by atoms with Gasteiger partial charge in [0.2, 0.25) is 0 Å². The summed E-state index contributed by atoms with van der Waals surface area (Å²) in [6.45, 7) is 6.44. The summed E-state index contributed by atoms with van der Waals surface area (Å²) in [7, 11) is 2.19. The molecule has 50 heavy (non-hydrogen) atoms. The molecule has 4 N–H and O–H groups in total. The minimum atomic E-state index is -0.438. The van der Waals surface area contributed by atoms with Gasteiger partial charge in [-0.15, -0.1) is 11.3 Å². The molecule has 4 atom stereocenters. The van der Waals surface area contributed by atoms with Crippen LogP contribution in [0.2, 0.25) is 0 Å². The minimum absolute atomic E-state index is 0.0877. The molecule has 0 saturated carbocycles. The molecule has 4 aliphatic rings. The van der Waals surface area contributed by atoms with E-state index in [0.29, 0.717) is 47.1 Å². The van der Waals surface area contributed by atoms with Crippen LogP contribution in [0.25, 0.3) is 22.6 Å². The number of nitrogens with two attached hydrogens (primary N) is 2. The molecule has 258 valence electrons. The van der Waals surface area contributed by atoms with Gasteiger partial charge in [0.05, 0.1) is 46.8 Å². The summed E-state index contributed by atoms with van der Waals surface area (Å²) >= 11 is 1.55. The van der Waals surface area contributed by atoms with Crippen LogP contribution in [0.5, 0.6) is 5.75 Å². The molecule has 1 saturated heterocycles. The van der Waals surface area contributed by atoms with Crippen molar-refractivity contribution in [3.05, 3.63) is 51.4 Å². The third-order valence-corrected chi connectivity index (χ3v) is 12.8. The Kier molecular flexibility index (Phi) is 7.29. The van der Waals surface area contributed by atoms with Crippen LogP contribution in [0, 0.1) is 11.3 Å². The zero-order valence-corrected chi connectivity index (χ0v) is 29.5. The van der Waals surface area contributed by atoms with Crippen LogP contribution in [0.15, 0.2) is 23.0 Å². The summed E-state index contributed by atoms with van der Waals surface area (Å²) in [5, 5.41) is 21.4. The van der Waals surface area contributed by atoms with E-state index in [1.54, 1.807) is 17.5 Å². The molecule has 1 fully saturated rings. The van der Waals surface area contributed by atoms with Crippen LogP contribution in [0.3, 0.4) is 0 Å². The van der Waals surface area contributed by atoms with Gasteiger partial charge in [-0.1, -0.05) is 5.16 Å². The molecule has 0 amide bonds. The number of nitrogen functional groups attached to an aromatic ring is 2. The maximum atomic E-state index is 10.2. The maximum absolute atomic E-state index is 10.2. The van der Waals surface area contributed by atoms with E-state index >= 15 is 0 Å². The van der Waals surface area contributed by atoms with Crippen LogP contribution in [0.4, 0.5) is 16.6 Å². The van der Waals surface area contributed by atoms with Crippen molar-refractivity contribution in [2.45, 2.75) is 88.8 Å². The molecule has 2 aliphatic carbocycles. The second kappa shape index (κ2) is 11.7. The first-order valence-corrected chi connectivity index (χ1v) is 18.5. The van der Waals surface area contributed by atoms with E-state index in [9.17, 15) is 5.26 Å². The standard InChI is InChI=1S/C36H41N11O2S/c1-19(24-8-6-14-45(24)3)47-35-23(18-41-47)34(46-15-16-48-25-10-13-40-31(38)27(25)20(46)2)42-33(43-35)29-21-7-4-11-36(30(21)49-44-29)12-5-9-26-28(36)22(17-37)32(39)50-26/h10,13,18-20,24H,4-9,11-12,14-16,39H2,1-3H3,(H2,38,40)/t19-,20+,24-,36-/m0/s1. The largest absolute Gasteiger partial charge is 0.491 e. The molecule has 0 aromatic carbocycles. The zero-order valence-electron chi connectivity index (χ0n) is 28.6. The van der Waals surface area contributed by atoms with E-state index in [0.717, 1.165) is 103 Å². The van der Waals surface area contributed by atoms with E-state index in [-0.39, 0.29) is 12.1 Å². The highest BCUT2D eigenvalue weighted by atomic mass is 32.1. The number of hydrogen-bond donors (Lipinski definition) is 2. The highest BCUT2D eigenvalue weighted by Gasteiger charge is 2.49. The number of hydrogen-bond acceptors (Lipinski definition) is 13. The van der Waals surface area contributed by atoms with Gasteiger partial charge in [-0.05, 0) is 90.4 Å². The fourth-order valence-electron chi connectivity index (χ4n) is 9.37. The second-order valence-electron chi connectivity index (χ2n) is 14.3. The Labute approximate surface area is 294 Å². The van der Waals surface area contributed by atoms with E-state index in [1.165, 1.54) is 4.88 Å². The number of rotatable bonds is 4. The Morgan fingerprint density at radius 1 is 1.14 bits per heavy atom. The molecule has 2 aliphatic heterocycles. The van der Waals surface area contributed by atoms with Crippen molar-refractivity contribution in [2.24, 2.45) is 0 Å². The topological polar surface area (TPSA) is 174 Å². The van der Waals surface area contributed by atoms with Gasteiger partial charge < -0.3 is 30.5 Å². The first-order chi connectivity index (χ1) is 24.3. The van der Waals surface area contributed by atoms with E-state index in [1.807, 2.05) is 12.3 Å². The lowest BCUT2D eigenvalue weighted by Crippen LogP contribution is -2.35. The number of aryl methyl sites for hydroxylation is 1. The highest BCUT2D eigenvalue weighted by Crippen LogP contribution is 2.55. The normalized spacial score (nSPS) is 24.0. The molecule has 9 rings (SSSR count). The lowest BCUT2D eigenvalue weighted by Gasteiger charge is -2.39. The van der Waals surface area contributed by atoms with Crippen LogP contribution < -0.4 is 21.1 Å². The molecule has 5 aromatic heterocycles. The first kappa shape index (κ1) is 31.3. The highest BCUT2D eigenvalue weighted by molar-refractivity contribution is 7.16. The molecular formula is C36H41N11O2S. The molecule has 0 unspecified atom stereocenters. The van der Waals surface area contributed by atoms with Crippen LogP contribution >= 0.6 is 11.3 Å². The van der Waals surface area contributed by atoms with Crippen LogP contribution in [0.1, 0.15) is 97.3 Å². The van der Waals surface area contributed by atoms with Gasteiger partial charge in [0.25, 0.3) is 0 Å². The maximum Gasteiger partial charge on any atom is 0.186 e. The summed E-state index contributed by atoms with van der Waals surface area (Å²) < 4.78 is 14.6. The number of likely N-dealkylation sites (N-methyl/N-ethyl adjacent to an activating group) is 1. The van der Waals surface area contributed by atoms with Gasteiger partial charge in [0, 0.05) is 22.7 Å². The third kappa shape index (κ3) is 4.48. The quantitative estimate of drug-likeness (QED) is 0.241. The van der Waals surface area contributed by atoms with Gasteiger partial charge >= 0.3 is 0 Å². The van der Waals surface area contributed by atoms with E-state index < -0.39 is 5.41 Å². The average molecular weight is 692 g/mol. The molecule has 7 heterocycles. The van der Waals surface area contributed by atoms with Gasteiger partial charge in [0.1, 0.15) is 35.1 Å². The Balaban J connectivity index is 1.23. The smallest absolute Gasteiger partial charge is 0.186 e. The molecule has 14 heteroatoms. The number of pyridine rings is 1. The fraction of sp³-hybridized carbons (Fsp3) is 0.500. The van der Waals surface area contributed by atoms with Crippen molar-refractivity contribution < 1.29 is 9.26 Å². The monoisotopic (exact) mass is 691 g/mol. The number of thiophene rings is 1. The second-order valence-corrected chi connectivity index (χ2v) is 15.5. The Morgan fingerprint density at radius 2 is 1.98 bits per heavy atom. The van der Waals surface area contributed by atoms with Gasteiger partial charge in [-0.2, -0.15) is 10.4 Å². The zero-order chi connectivity index (χ0) is 34.3. The predicted octanol–water partition coefficient (Wildman–Crippen LogP) is 5.55. The molecule has 0 bridgehead atoms. The Morgan fingerprint density at radius 3 is 2.78 bits per heavy atom. The number of fused-ring (bicyclic) bond motifs is 6. The van der Waals surface area contributed by atoms with Crippen molar-refractivity contribution in [1.29, 1.82) is 5.26 Å². The summed E-state index contributed by atoms with van der Waals surface area (Å²) in [4.78, 5) is 20.8. The number of likely N-dealkylation sites (tertiary alicyclic amines) is 1. The van der Waals surface area contributed by atoms with Gasteiger partial charge in [-0.3, -0.25) is 0 Å². The number of anilines is 3. The lowest BCUT2D eigenvalue weighted by atomic mass is 9.63. The van der Waals surface area contributed by atoms with Crippen LogP contribution in [-0.2, 0) is 18.3 Å². The molecular weight excluding hydrogens is 651 g/mol. The number of nitrogens with zero attached hydrogens (tertiary/aromatic N) is 9.